The summed E-state index contributed by atoms with van der Waals surface area (Å²) >= 11 is 1.83. The van der Waals surface area contributed by atoms with E-state index in [1.165, 1.54) is 17.7 Å². The van der Waals surface area contributed by atoms with Gasteiger partial charge in [0.1, 0.15) is 5.82 Å². The van der Waals surface area contributed by atoms with E-state index in [1.54, 1.807) is 13.2 Å². The third-order valence-electron chi connectivity index (χ3n) is 5.42. The maximum absolute atomic E-state index is 12.1. The van der Waals surface area contributed by atoms with Gasteiger partial charge in [0.25, 0.3) is 0 Å². The number of guanidine groups is 1. The van der Waals surface area contributed by atoms with E-state index in [9.17, 15) is 4.79 Å². The Balaban J connectivity index is 0.00000341. The van der Waals surface area contributed by atoms with Crippen LogP contribution in [0.2, 0.25) is 0 Å². The van der Waals surface area contributed by atoms with Crippen LogP contribution in [-0.4, -0.2) is 55.5 Å². The Kier molecular flexibility index (Phi) is 10.7. The van der Waals surface area contributed by atoms with Gasteiger partial charge in [-0.15, -0.1) is 35.3 Å². The summed E-state index contributed by atoms with van der Waals surface area (Å²) < 4.78 is 0. The van der Waals surface area contributed by atoms with E-state index in [4.69, 9.17) is 0 Å². The predicted octanol–water partition coefficient (Wildman–Crippen LogP) is 3.65. The summed E-state index contributed by atoms with van der Waals surface area (Å²) in [6, 6.07) is 8.55. The Morgan fingerprint density at radius 2 is 2.16 bits per heavy atom. The maximum atomic E-state index is 12.1. The van der Waals surface area contributed by atoms with Crippen molar-refractivity contribution in [3.8, 4) is 0 Å². The van der Waals surface area contributed by atoms with Crippen molar-refractivity contribution < 1.29 is 4.79 Å². The molecule has 9 heteroatoms. The fraction of sp³-hybridized carbons (Fsp3) is 0.500. The van der Waals surface area contributed by atoms with Gasteiger partial charge in [-0.05, 0) is 62.4 Å². The lowest BCUT2D eigenvalue weighted by atomic mass is 9.88. The zero-order valence-corrected chi connectivity index (χ0v) is 21.6. The van der Waals surface area contributed by atoms with Crippen LogP contribution < -0.4 is 16.0 Å². The number of hydrogen-bond acceptors (Lipinski definition) is 5. The monoisotopic (exact) mass is 556 g/mol. The molecule has 0 spiro atoms. The van der Waals surface area contributed by atoms with Gasteiger partial charge >= 0.3 is 0 Å². The molecule has 0 radical (unpaired) electrons. The van der Waals surface area contributed by atoms with Gasteiger partial charge in [-0.25, -0.2) is 4.98 Å². The maximum Gasteiger partial charge on any atom is 0.227 e. The van der Waals surface area contributed by atoms with Crippen LogP contribution in [0.4, 0.5) is 5.82 Å². The third kappa shape index (κ3) is 7.73. The van der Waals surface area contributed by atoms with Gasteiger partial charge in [0.05, 0.1) is 0 Å². The number of pyridine rings is 1. The van der Waals surface area contributed by atoms with E-state index < -0.39 is 0 Å². The molecule has 1 saturated heterocycles. The minimum absolute atomic E-state index is 0. The number of rotatable bonds is 7. The second-order valence-electron chi connectivity index (χ2n) is 7.74. The van der Waals surface area contributed by atoms with Gasteiger partial charge in [-0.3, -0.25) is 14.7 Å². The lowest BCUT2D eigenvalue weighted by molar-refractivity contribution is -0.116. The van der Waals surface area contributed by atoms with E-state index in [1.807, 2.05) is 30.4 Å². The zero-order valence-electron chi connectivity index (χ0n) is 18.4. The van der Waals surface area contributed by atoms with Crippen LogP contribution >= 0.6 is 35.3 Å². The highest BCUT2D eigenvalue weighted by atomic mass is 127. The lowest BCUT2D eigenvalue weighted by Crippen LogP contribution is -2.45. The highest BCUT2D eigenvalue weighted by Gasteiger charge is 2.31. The second kappa shape index (κ2) is 13.0. The van der Waals surface area contributed by atoms with Crippen molar-refractivity contribution in [1.29, 1.82) is 0 Å². The van der Waals surface area contributed by atoms with Gasteiger partial charge < -0.3 is 16.0 Å². The highest BCUT2D eigenvalue weighted by Crippen LogP contribution is 2.36. The van der Waals surface area contributed by atoms with E-state index in [0.29, 0.717) is 30.7 Å². The molecule has 2 atom stereocenters. The summed E-state index contributed by atoms with van der Waals surface area (Å²) in [5.74, 6) is 1.77. The molecular weight excluding hydrogens is 523 g/mol. The van der Waals surface area contributed by atoms with Gasteiger partial charge in [0.15, 0.2) is 5.96 Å². The molecule has 2 aromatic heterocycles. The van der Waals surface area contributed by atoms with Crippen LogP contribution in [0.5, 0.6) is 0 Å². The average Bonchev–Trinajstić information content (AvgIpc) is 3.26. The summed E-state index contributed by atoms with van der Waals surface area (Å²) in [6.45, 7) is 4.47. The van der Waals surface area contributed by atoms with Crippen LogP contribution in [0.3, 0.4) is 0 Å². The number of piperidine rings is 1. The summed E-state index contributed by atoms with van der Waals surface area (Å²) in [6.07, 6.45) is 4.50. The van der Waals surface area contributed by atoms with E-state index in [-0.39, 0.29) is 29.9 Å². The first-order chi connectivity index (χ1) is 14.6. The number of nitrogens with one attached hydrogen (secondary N) is 3. The van der Waals surface area contributed by atoms with Crippen LogP contribution in [-0.2, 0) is 4.79 Å². The smallest absolute Gasteiger partial charge is 0.227 e. The molecule has 170 valence electrons. The molecular formula is C22H33IN6OS. The standard InChI is InChI=1S/C22H32N6OS.HI/c1-16-8-9-19(25-14-16)27-20(29)10-11-24-22(23-2)26-15-17-6-4-12-28(3)21(17)18-7-5-13-30-18;/h5,7-9,13-14,17,21H,4,6,10-12,15H2,1-3H3,(H2,23,24,26)(H,25,27,29);1H. The number of nitrogens with zero attached hydrogens (tertiary/aromatic N) is 3. The van der Waals surface area contributed by atoms with Crippen molar-refractivity contribution >= 4 is 53.0 Å². The Bertz CT molecular complexity index is 827. The van der Waals surface area contributed by atoms with Crippen molar-refractivity contribution in [1.82, 2.24) is 20.5 Å². The van der Waals surface area contributed by atoms with Crippen molar-refractivity contribution in [2.24, 2.45) is 10.9 Å². The first kappa shape index (κ1) is 25.5. The topological polar surface area (TPSA) is 81.6 Å². The minimum Gasteiger partial charge on any atom is -0.356 e. The first-order valence-electron chi connectivity index (χ1n) is 10.5. The summed E-state index contributed by atoms with van der Waals surface area (Å²) in [7, 11) is 3.97. The van der Waals surface area contributed by atoms with Gasteiger partial charge in [0, 0.05) is 43.7 Å². The number of aromatic nitrogens is 1. The molecule has 2 aromatic rings. The number of likely N-dealkylation sites (tertiary alicyclic amines) is 1. The van der Waals surface area contributed by atoms with Crippen molar-refractivity contribution in [3.05, 3.63) is 46.3 Å². The van der Waals surface area contributed by atoms with Gasteiger partial charge in [-0.1, -0.05) is 12.1 Å². The molecule has 1 amide bonds. The fourth-order valence-electron chi connectivity index (χ4n) is 3.87. The largest absolute Gasteiger partial charge is 0.356 e. The Morgan fingerprint density at radius 3 is 2.84 bits per heavy atom. The average molecular weight is 557 g/mol. The molecule has 0 aliphatic carbocycles. The quantitative estimate of drug-likeness (QED) is 0.276. The number of amides is 1. The highest BCUT2D eigenvalue weighted by molar-refractivity contribution is 14.0. The van der Waals surface area contributed by atoms with Gasteiger partial charge in [-0.2, -0.15) is 0 Å². The summed E-state index contributed by atoms with van der Waals surface area (Å²) in [5, 5.41) is 11.7. The van der Waals surface area contributed by atoms with E-state index >= 15 is 0 Å². The summed E-state index contributed by atoms with van der Waals surface area (Å²) in [4.78, 5) is 24.5. The number of carbonyl (C=O) groups excluding carboxylic acids is 1. The number of carbonyl (C=O) groups is 1. The molecule has 2 unspecified atom stereocenters. The van der Waals surface area contributed by atoms with Crippen LogP contribution in [0.15, 0.2) is 40.8 Å². The lowest BCUT2D eigenvalue weighted by Gasteiger charge is -2.39. The van der Waals surface area contributed by atoms with Crippen molar-refractivity contribution in [2.45, 2.75) is 32.2 Å². The molecule has 3 N–H and O–H groups in total. The number of anilines is 1. The van der Waals surface area contributed by atoms with E-state index in [2.05, 4.69) is 55.4 Å². The summed E-state index contributed by atoms with van der Waals surface area (Å²) in [5.41, 5.74) is 1.06. The number of aliphatic imine (C=N–C) groups is 1. The molecule has 0 saturated carbocycles. The number of aryl methyl sites for hydroxylation is 1. The fourth-order valence-corrected chi connectivity index (χ4v) is 4.86. The molecule has 0 aromatic carbocycles. The van der Waals surface area contributed by atoms with Crippen molar-refractivity contribution in [3.63, 3.8) is 0 Å². The number of halogens is 1. The molecule has 1 aliphatic heterocycles. The molecule has 1 aliphatic rings. The van der Waals surface area contributed by atoms with E-state index in [0.717, 1.165) is 24.6 Å². The predicted molar refractivity (Wildman–Crippen MR) is 139 cm³/mol. The Hall–Kier alpha value is -1.72. The molecule has 3 heterocycles. The first-order valence-corrected chi connectivity index (χ1v) is 11.4. The SMILES string of the molecule is CN=C(NCCC(=O)Nc1ccc(C)cn1)NCC1CCCN(C)C1c1cccs1.I. The molecule has 31 heavy (non-hydrogen) atoms. The molecule has 0 bridgehead atoms. The molecule has 7 nitrogen and oxygen atoms in total. The third-order valence-corrected chi connectivity index (χ3v) is 6.36. The second-order valence-corrected chi connectivity index (χ2v) is 8.72. The Labute approximate surface area is 206 Å². The number of hydrogen-bond donors (Lipinski definition) is 3. The minimum atomic E-state index is -0.0685. The van der Waals surface area contributed by atoms with Crippen molar-refractivity contribution in [2.75, 3.05) is 39.0 Å². The van der Waals surface area contributed by atoms with Crippen LogP contribution in [0, 0.1) is 12.8 Å². The Morgan fingerprint density at radius 1 is 1.32 bits per heavy atom. The van der Waals surface area contributed by atoms with Gasteiger partial charge in [0.2, 0.25) is 5.91 Å². The number of thiophene rings is 1. The molecule has 1 fully saturated rings. The van der Waals surface area contributed by atoms with Crippen LogP contribution in [0.1, 0.15) is 35.7 Å². The zero-order chi connectivity index (χ0) is 21.3. The molecule has 3 rings (SSSR count). The van der Waals surface area contributed by atoms with Crippen LogP contribution in [0.25, 0.3) is 0 Å². The normalized spacial score (nSPS) is 19.4.